The van der Waals surface area contributed by atoms with Crippen LogP contribution in [-0.4, -0.2) is 5.78 Å². The Bertz CT molecular complexity index is 462. The molecule has 0 unspecified atom stereocenters. The van der Waals surface area contributed by atoms with Gasteiger partial charge in [-0.3, -0.25) is 4.79 Å². The van der Waals surface area contributed by atoms with Crippen LogP contribution >= 0.6 is 0 Å². The Kier molecular flexibility index (Phi) is 3.51. The zero-order valence-corrected chi connectivity index (χ0v) is 13.6. The van der Waals surface area contributed by atoms with Gasteiger partial charge in [0.25, 0.3) is 0 Å². The zero-order valence-electron chi connectivity index (χ0n) is 13.6. The molecule has 0 aromatic heterocycles. The third-order valence-electron chi connectivity index (χ3n) is 7.52. The topological polar surface area (TPSA) is 17.1 Å². The molecule has 0 spiro atoms. The lowest BCUT2D eigenvalue weighted by Gasteiger charge is -2.53. The Morgan fingerprint density at radius 1 is 1.14 bits per heavy atom. The molecular weight excluding hydrogens is 256 g/mol. The lowest BCUT2D eigenvalue weighted by Crippen LogP contribution is -2.47. The molecule has 1 heteroatoms. The molecule has 21 heavy (non-hydrogen) atoms. The molecule has 0 aromatic rings. The van der Waals surface area contributed by atoms with E-state index in [9.17, 15) is 4.79 Å². The number of fused-ring (bicyclic) bond motifs is 5. The van der Waals surface area contributed by atoms with Crippen molar-refractivity contribution in [3.63, 3.8) is 0 Å². The second-order valence-corrected chi connectivity index (χ2v) is 8.20. The second kappa shape index (κ2) is 5.25. The van der Waals surface area contributed by atoms with E-state index < -0.39 is 0 Å². The van der Waals surface area contributed by atoms with Gasteiger partial charge in [-0.05, 0) is 81.5 Å². The fraction of sp³-hybridized carbons (Fsp3) is 0.850. The van der Waals surface area contributed by atoms with Crippen molar-refractivity contribution in [3.05, 3.63) is 11.6 Å². The van der Waals surface area contributed by atoms with Crippen LogP contribution in [0.1, 0.15) is 77.6 Å². The van der Waals surface area contributed by atoms with Gasteiger partial charge in [-0.2, -0.15) is 0 Å². The minimum atomic E-state index is 0.117. The summed E-state index contributed by atoms with van der Waals surface area (Å²) < 4.78 is 0. The van der Waals surface area contributed by atoms with Crippen molar-refractivity contribution in [2.45, 2.75) is 77.6 Å². The number of Topliss-reactive ketones (excluding diaryl/α,β-unsaturated/α-hetero) is 1. The molecule has 0 N–H and O–H groups in total. The molecule has 3 fully saturated rings. The number of ketones is 1. The van der Waals surface area contributed by atoms with Gasteiger partial charge in [0.15, 0.2) is 0 Å². The summed E-state index contributed by atoms with van der Waals surface area (Å²) in [6, 6.07) is 0. The number of hydrogen-bond donors (Lipinski definition) is 0. The van der Waals surface area contributed by atoms with Crippen molar-refractivity contribution in [2.75, 3.05) is 0 Å². The number of carbonyl (C=O) groups is 1. The minimum Gasteiger partial charge on any atom is -0.299 e. The summed E-state index contributed by atoms with van der Waals surface area (Å²) in [4.78, 5) is 12.7. The van der Waals surface area contributed by atoms with E-state index in [0.29, 0.717) is 5.78 Å². The zero-order chi connectivity index (χ0) is 14.4. The third-order valence-corrected chi connectivity index (χ3v) is 7.52. The summed E-state index contributed by atoms with van der Waals surface area (Å²) >= 11 is 0. The van der Waals surface area contributed by atoms with Crippen LogP contribution in [0.4, 0.5) is 0 Å². The first-order chi connectivity index (χ1) is 10.3. The van der Waals surface area contributed by atoms with E-state index in [-0.39, 0.29) is 5.41 Å². The molecule has 4 aliphatic carbocycles. The molecule has 0 heterocycles. The van der Waals surface area contributed by atoms with Crippen LogP contribution in [0.25, 0.3) is 0 Å². The van der Waals surface area contributed by atoms with E-state index in [1.165, 1.54) is 64.2 Å². The van der Waals surface area contributed by atoms with Crippen LogP contribution < -0.4 is 0 Å². The number of allylic oxidation sites excluding steroid dienone is 2. The van der Waals surface area contributed by atoms with Crippen molar-refractivity contribution in [2.24, 2.45) is 29.1 Å². The van der Waals surface area contributed by atoms with Gasteiger partial charge in [-0.25, -0.2) is 0 Å². The normalized spacial score (nSPS) is 45.6. The van der Waals surface area contributed by atoms with Crippen molar-refractivity contribution >= 4 is 5.78 Å². The highest BCUT2D eigenvalue weighted by molar-refractivity contribution is 5.87. The van der Waals surface area contributed by atoms with Crippen molar-refractivity contribution < 1.29 is 4.79 Å². The molecular formula is C20H30O. The summed E-state index contributed by atoms with van der Waals surface area (Å²) in [6.45, 7) is 2.27. The largest absolute Gasteiger partial charge is 0.299 e. The quantitative estimate of drug-likeness (QED) is 0.630. The minimum absolute atomic E-state index is 0.117. The molecule has 5 atom stereocenters. The SMILES string of the molecule is CCC[C@]12CC[C@H]3[C@@H](CCC4=CCCC[C@@H]43)[C@@H]1CCC2=O. The average Bonchev–Trinajstić information content (AvgIpc) is 2.85. The Balaban J connectivity index is 1.64. The van der Waals surface area contributed by atoms with Gasteiger partial charge in [-0.1, -0.05) is 25.0 Å². The fourth-order valence-electron chi connectivity index (χ4n) is 6.79. The summed E-state index contributed by atoms with van der Waals surface area (Å²) in [5.41, 5.74) is 1.92. The lowest BCUT2D eigenvalue weighted by atomic mass is 9.51. The number of hydrogen-bond acceptors (Lipinski definition) is 1. The Labute approximate surface area is 129 Å². The van der Waals surface area contributed by atoms with Gasteiger partial charge in [0.2, 0.25) is 0 Å². The summed E-state index contributed by atoms with van der Waals surface area (Å²) in [5.74, 6) is 4.07. The van der Waals surface area contributed by atoms with E-state index >= 15 is 0 Å². The molecule has 3 saturated carbocycles. The molecule has 0 saturated heterocycles. The predicted octanol–water partition coefficient (Wildman–Crippen LogP) is 5.30. The van der Waals surface area contributed by atoms with E-state index in [1.54, 1.807) is 5.57 Å². The maximum absolute atomic E-state index is 12.7. The first-order valence-corrected chi connectivity index (χ1v) is 9.48. The average molecular weight is 286 g/mol. The third kappa shape index (κ3) is 1.99. The highest BCUT2D eigenvalue weighted by Crippen LogP contribution is 2.62. The van der Waals surface area contributed by atoms with Crippen LogP contribution in [-0.2, 0) is 4.79 Å². The van der Waals surface area contributed by atoms with Gasteiger partial charge >= 0.3 is 0 Å². The summed E-state index contributed by atoms with van der Waals surface area (Å²) in [5, 5.41) is 0. The second-order valence-electron chi connectivity index (χ2n) is 8.20. The monoisotopic (exact) mass is 286 g/mol. The Morgan fingerprint density at radius 3 is 2.90 bits per heavy atom. The molecule has 0 radical (unpaired) electrons. The van der Waals surface area contributed by atoms with Crippen LogP contribution in [0.5, 0.6) is 0 Å². The van der Waals surface area contributed by atoms with Crippen molar-refractivity contribution in [1.29, 1.82) is 0 Å². The van der Waals surface area contributed by atoms with Gasteiger partial charge in [0.1, 0.15) is 5.78 Å². The molecule has 1 nitrogen and oxygen atoms in total. The number of rotatable bonds is 2. The maximum Gasteiger partial charge on any atom is 0.139 e. The standard InChI is InChI=1S/C20H30O/c1-2-12-20-13-11-16-15-6-4-3-5-14(15)7-8-17(16)18(20)9-10-19(20)21/h5,15-18H,2-4,6-13H2,1H3/t15-,16+,17+,18-,20-/m0/s1. The fourth-order valence-corrected chi connectivity index (χ4v) is 6.79. The van der Waals surface area contributed by atoms with Crippen LogP contribution in [0, 0.1) is 29.1 Å². The highest BCUT2D eigenvalue weighted by atomic mass is 16.1. The van der Waals surface area contributed by atoms with E-state index in [2.05, 4.69) is 13.0 Å². The molecule has 0 bridgehead atoms. The molecule has 0 aromatic carbocycles. The van der Waals surface area contributed by atoms with Crippen molar-refractivity contribution in [1.82, 2.24) is 0 Å². The summed E-state index contributed by atoms with van der Waals surface area (Å²) in [7, 11) is 0. The summed E-state index contributed by atoms with van der Waals surface area (Å²) in [6.07, 6.45) is 16.5. The van der Waals surface area contributed by atoms with E-state index in [4.69, 9.17) is 0 Å². The number of carbonyl (C=O) groups excluding carboxylic acids is 1. The first-order valence-electron chi connectivity index (χ1n) is 9.48. The van der Waals surface area contributed by atoms with Gasteiger partial charge < -0.3 is 0 Å². The van der Waals surface area contributed by atoms with E-state index in [0.717, 1.165) is 30.1 Å². The van der Waals surface area contributed by atoms with Gasteiger partial charge in [0.05, 0.1) is 0 Å². The van der Waals surface area contributed by atoms with Crippen LogP contribution in [0.3, 0.4) is 0 Å². The first kappa shape index (κ1) is 14.0. The Hall–Kier alpha value is -0.590. The Morgan fingerprint density at radius 2 is 2.05 bits per heavy atom. The van der Waals surface area contributed by atoms with E-state index in [1.807, 2.05) is 0 Å². The lowest BCUT2D eigenvalue weighted by molar-refractivity contribution is -0.133. The van der Waals surface area contributed by atoms with Gasteiger partial charge in [-0.15, -0.1) is 0 Å². The molecule has 0 aliphatic heterocycles. The van der Waals surface area contributed by atoms with Gasteiger partial charge in [0, 0.05) is 11.8 Å². The predicted molar refractivity (Wildman–Crippen MR) is 85.9 cm³/mol. The highest BCUT2D eigenvalue weighted by Gasteiger charge is 2.57. The smallest absolute Gasteiger partial charge is 0.139 e. The maximum atomic E-state index is 12.7. The molecule has 0 amide bonds. The van der Waals surface area contributed by atoms with Crippen LogP contribution in [0.2, 0.25) is 0 Å². The molecule has 4 rings (SSSR count). The molecule has 116 valence electrons. The van der Waals surface area contributed by atoms with Crippen LogP contribution in [0.15, 0.2) is 11.6 Å². The molecule has 4 aliphatic rings. The van der Waals surface area contributed by atoms with Crippen molar-refractivity contribution in [3.8, 4) is 0 Å².